The van der Waals surface area contributed by atoms with E-state index in [1.807, 2.05) is 30.3 Å². The molecule has 0 saturated heterocycles. The molecule has 0 amide bonds. The Morgan fingerprint density at radius 3 is 2.42 bits per heavy atom. The number of aryl methyl sites for hydroxylation is 1. The van der Waals surface area contributed by atoms with Crippen LogP contribution in [0.3, 0.4) is 0 Å². The van der Waals surface area contributed by atoms with Crippen LogP contribution in [0.25, 0.3) is 5.69 Å². The highest BCUT2D eigenvalue weighted by atomic mass is 16.5. The van der Waals surface area contributed by atoms with Crippen LogP contribution in [0.1, 0.15) is 24.4 Å². The van der Waals surface area contributed by atoms with E-state index in [0.717, 1.165) is 10.2 Å². The minimum absolute atomic E-state index is 0.418. The molecule has 0 radical (unpaired) electrons. The van der Waals surface area contributed by atoms with Crippen LogP contribution in [-0.4, -0.2) is 25.4 Å². The molecule has 0 bridgehead atoms. The predicted molar refractivity (Wildman–Crippen MR) is 95.7 cm³/mol. The maximum atomic E-state index is 12.5. The molecule has 1 atom stereocenters. The molecule has 1 N–H and O–H groups in total. The van der Waals surface area contributed by atoms with Crippen molar-refractivity contribution >= 4 is 5.97 Å². The van der Waals surface area contributed by atoms with E-state index in [1.165, 1.54) is 11.5 Å². The monoisotopic (exact) mass is 353 g/mol. The number of nitrogens with zero attached hydrogens (tertiary/aromatic N) is 3. The molecule has 134 valence electrons. The van der Waals surface area contributed by atoms with Crippen molar-refractivity contribution in [1.29, 1.82) is 0 Å². The summed E-state index contributed by atoms with van der Waals surface area (Å²) in [6.45, 7) is 3.53. The molecule has 0 fully saturated rings. The zero-order valence-corrected chi connectivity index (χ0v) is 14.5. The van der Waals surface area contributed by atoms with E-state index in [2.05, 4.69) is 5.10 Å². The third kappa shape index (κ3) is 3.51. The topological polar surface area (TPSA) is 86.4 Å². The van der Waals surface area contributed by atoms with Crippen molar-refractivity contribution in [2.75, 3.05) is 0 Å². The van der Waals surface area contributed by atoms with Crippen molar-refractivity contribution < 1.29 is 14.6 Å². The number of carboxylic acids is 1. The first-order valence-electron chi connectivity index (χ1n) is 8.15. The van der Waals surface area contributed by atoms with Crippen molar-refractivity contribution in [3.05, 3.63) is 76.5 Å². The summed E-state index contributed by atoms with van der Waals surface area (Å²) < 4.78 is 8.08. The van der Waals surface area contributed by atoms with Gasteiger partial charge in [0.1, 0.15) is 18.2 Å². The normalized spacial score (nSPS) is 11.9. The van der Waals surface area contributed by atoms with Gasteiger partial charge in [0, 0.05) is 0 Å². The molecular weight excluding hydrogens is 334 g/mol. The molecule has 26 heavy (non-hydrogen) atoms. The summed E-state index contributed by atoms with van der Waals surface area (Å²) in [5.41, 5.74) is 1.17. The van der Waals surface area contributed by atoms with Gasteiger partial charge in [0.15, 0.2) is 6.04 Å². The first kappa shape index (κ1) is 17.5. The largest absolute Gasteiger partial charge is 0.489 e. The molecule has 0 spiro atoms. The summed E-state index contributed by atoms with van der Waals surface area (Å²) in [5.74, 6) is -0.0166. The van der Waals surface area contributed by atoms with E-state index >= 15 is 0 Å². The number of carboxylic acid groups (broad SMARTS) is 1. The highest BCUT2D eigenvalue weighted by Gasteiger charge is 2.21. The van der Waals surface area contributed by atoms with Crippen LogP contribution < -0.4 is 10.4 Å². The van der Waals surface area contributed by atoms with E-state index in [1.54, 1.807) is 31.2 Å². The van der Waals surface area contributed by atoms with Gasteiger partial charge in [-0.05, 0) is 43.7 Å². The number of aliphatic carboxylic acids is 1. The number of aromatic nitrogens is 3. The number of hydrogen-bond donors (Lipinski definition) is 1. The molecule has 1 heterocycles. The van der Waals surface area contributed by atoms with Gasteiger partial charge in [0.2, 0.25) is 0 Å². The van der Waals surface area contributed by atoms with Crippen molar-refractivity contribution in [2.45, 2.75) is 26.5 Å². The molecular formula is C19H19N3O4. The lowest BCUT2D eigenvalue weighted by Gasteiger charge is -2.08. The molecule has 1 aromatic heterocycles. The average molecular weight is 353 g/mol. The molecule has 0 saturated carbocycles. The Morgan fingerprint density at radius 1 is 1.15 bits per heavy atom. The van der Waals surface area contributed by atoms with Crippen LogP contribution in [0.5, 0.6) is 5.75 Å². The summed E-state index contributed by atoms with van der Waals surface area (Å²) in [6, 6.07) is 15.8. The Morgan fingerprint density at radius 2 is 1.81 bits per heavy atom. The fourth-order valence-corrected chi connectivity index (χ4v) is 2.57. The smallest absolute Gasteiger partial charge is 0.351 e. The summed E-state index contributed by atoms with van der Waals surface area (Å²) in [4.78, 5) is 23.6. The van der Waals surface area contributed by atoms with Crippen LogP contribution in [0, 0.1) is 6.92 Å². The summed E-state index contributed by atoms with van der Waals surface area (Å²) in [5, 5.41) is 13.2. The van der Waals surface area contributed by atoms with Crippen molar-refractivity contribution in [3.63, 3.8) is 0 Å². The second-order valence-electron chi connectivity index (χ2n) is 5.89. The third-order valence-corrected chi connectivity index (χ3v) is 4.03. The van der Waals surface area contributed by atoms with Gasteiger partial charge in [-0.15, -0.1) is 0 Å². The van der Waals surface area contributed by atoms with Crippen LogP contribution in [0.2, 0.25) is 0 Å². The minimum atomic E-state index is -1.11. The van der Waals surface area contributed by atoms with Gasteiger partial charge in [-0.1, -0.05) is 30.3 Å². The average Bonchev–Trinajstić information content (AvgIpc) is 2.95. The van der Waals surface area contributed by atoms with Gasteiger partial charge < -0.3 is 9.84 Å². The van der Waals surface area contributed by atoms with Crippen LogP contribution >= 0.6 is 0 Å². The Kier molecular flexibility index (Phi) is 4.88. The SMILES string of the molecule is Cc1nn([C@@H](C)C(=O)O)c(=O)n1-c1ccc(OCc2ccccc2)cc1. The second kappa shape index (κ2) is 7.26. The molecule has 0 aliphatic carbocycles. The molecule has 2 aromatic carbocycles. The Balaban J connectivity index is 1.81. The maximum absolute atomic E-state index is 12.5. The highest BCUT2D eigenvalue weighted by Crippen LogP contribution is 2.17. The number of benzene rings is 2. The zero-order chi connectivity index (χ0) is 18.7. The standard InChI is InChI=1S/C19H19N3O4/c1-13(18(23)24)22-19(25)21(14(2)20-22)16-8-10-17(11-9-16)26-12-15-6-4-3-5-7-15/h3-11,13H,12H2,1-2H3,(H,23,24)/t13-/m0/s1. The van der Waals surface area contributed by atoms with Gasteiger partial charge in [-0.3, -0.25) is 0 Å². The van der Waals surface area contributed by atoms with Crippen LogP contribution in [0.4, 0.5) is 0 Å². The Hall–Kier alpha value is -3.35. The van der Waals surface area contributed by atoms with E-state index in [4.69, 9.17) is 9.84 Å². The first-order chi connectivity index (χ1) is 12.5. The summed E-state index contributed by atoms with van der Waals surface area (Å²) in [7, 11) is 0. The molecule has 3 aromatic rings. The van der Waals surface area contributed by atoms with Crippen molar-refractivity contribution in [1.82, 2.24) is 14.3 Å². The van der Waals surface area contributed by atoms with Gasteiger partial charge in [0.25, 0.3) is 0 Å². The van der Waals surface area contributed by atoms with Gasteiger partial charge in [-0.25, -0.2) is 14.2 Å². The second-order valence-corrected chi connectivity index (χ2v) is 5.89. The first-order valence-corrected chi connectivity index (χ1v) is 8.15. The minimum Gasteiger partial charge on any atom is -0.489 e. The lowest BCUT2D eigenvalue weighted by Crippen LogP contribution is -2.30. The third-order valence-electron chi connectivity index (χ3n) is 4.03. The molecule has 3 rings (SSSR count). The lowest BCUT2D eigenvalue weighted by molar-refractivity contribution is -0.140. The predicted octanol–water partition coefficient (Wildman–Crippen LogP) is 2.57. The molecule has 7 heteroatoms. The highest BCUT2D eigenvalue weighted by molar-refractivity contribution is 5.71. The molecule has 0 aliphatic heterocycles. The fraction of sp³-hybridized carbons (Fsp3) is 0.211. The molecule has 0 unspecified atom stereocenters. The Labute approximate surface area is 150 Å². The van der Waals surface area contributed by atoms with E-state index in [-0.39, 0.29) is 0 Å². The molecule has 0 aliphatic rings. The van der Waals surface area contributed by atoms with Gasteiger partial charge in [-0.2, -0.15) is 9.78 Å². The van der Waals surface area contributed by atoms with E-state index in [0.29, 0.717) is 23.9 Å². The summed E-state index contributed by atoms with van der Waals surface area (Å²) in [6.07, 6.45) is 0. The number of ether oxygens (including phenoxy) is 1. The number of hydrogen-bond acceptors (Lipinski definition) is 4. The fourth-order valence-electron chi connectivity index (χ4n) is 2.57. The van der Waals surface area contributed by atoms with Crippen molar-refractivity contribution in [2.24, 2.45) is 0 Å². The molecule has 7 nitrogen and oxygen atoms in total. The van der Waals surface area contributed by atoms with Crippen LogP contribution in [-0.2, 0) is 11.4 Å². The number of carbonyl (C=O) groups is 1. The van der Waals surface area contributed by atoms with Crippen LogP contribution in [0.15, 0.2) is 59.4 Å². The maximum Gasteiger partial charge on any atom is 0.351 e. The quantitative estimate of drug-likeness (QED) is 0.736. The number of rotatable bonds is 6. The van der Waals surface area contributed by atoms with Crippen molar-refractivity contribution in [3.8, 4) is 11.4 Å². The summed E-state index contributed by atoms with van der Waals surface area (Å²) >= 11 is 0. The van der Waals surface area contributed by atoms with Gasteiger partial charge in [0.05, 0.1) is 5.69 Å². The van der Waals surface area contributed by atoms with E-state index in [9.17, 15) is 9.59 Å². The van der Waals surface area contributed by atoms with Gasteiger partial charge >= 0.3 is 11.7 Å². The zero-order valence-electron chi connectivity index (χ0n) is 14.5. The Bertz CT molecular complexity index is 959. The van der Waals surface area contributed by atoms with E-state index < -0.39 is 17.7 Å². The lowest BCUT2D eigenvalue weighted by atomic mass is 10.2.